The molecule has 0 aromatic carbocycles. The lowest BCUT2D eigenvalue weighted by Crippen LogP contribution is -2.28. The van der Waals surface area contributed by atoms with Gasteiger partial charge in [-0.3, -0.25) is 4.79 Å². The molecule has 0 radical (unpaired) electrons. The molecule has 0 aromatic rings. The van der Waals surface area contributed by atoms with Crippen molar-refractivity contribution in [3.8, 4) is 0 Å². The van der Waals surface area contributed by atoms with Gasteiger partial charge in [-0.15, -0.1) is 0 Å². The van der Waals surface area contributed by atoms with E-state index in [0.717, 1.165) is 0 Å². The molecule has 1 amide bonds. The van der Waals surface area contributed by atoms with Crippen LogP contribution in [0.3, 0.4) is 0 Å². The first-order valence-electron chi connectivity index (χ1n) is 3.72. The Bertz CT molecular complexity index is 178. The topological polar surface area (TPSA) is 55.4 Å². The number of allylic oxidation sites excluding steroid dienone is 1. The van der Waals surface area contributed by atoms with E-state index in [4.69, 9.17) is 5.73 Å². The zero-order valence-corrected chi connectivity index (χ0v) is 6.95. The van der Waals surface area contributed by atoms with Crippen LogP contribution >= 0.6 is 0 Å². The van der Waals surface area contributed by atoms with Gasteiger partial charge >= 0.3 is 0 Å². The van der Waals surface area contributed by atoms with Crippen LogP contribution in [-0.2, 0) is 4.79 Å². The van der Waals surface area contributed by atoms with Crippen LogP contribution in [0.25, 0.3) is 0 Å². The molecule has 1 aliphatic rings. The first-order valence-corrected chi connectivity index (χ1v) is 3.72. The predicted octanol–water partition coefficient (Wildman–Crippen LogP) is 1.14. The fraction of sp³-hybridized carbons (Fsp3) is 0.500. The van der Waals surface area contributed by atoms with Gasteiger partial charge in [-0.1, -0.05) is 26.3 Å². The molecule has 1 unspecified atom stereocenters. The zero-order chi connectivity index (χ0) is 8.69. The normalized spacial score (nSPS) is 21.0. The molecule has 0 saturated heterocycles. The zero-order valence-electron chi connectivity index (χ0n) is 6.95. The van der Waals surface area contributed by atoms with Crippen molar-refractivity contribution in [2.75, 3.05) is 0 Å². The standard InChI is InChI=1S/C5H6N2O.C3H8.H2/c6-4-2-1-3-7-5(4)8;1-3-2;/h1-4H,6H2;3H2,1-2H3;1H. The lowest BCUT2D eigenvalue weighted by molar-refractivity contribution is -0.118. The van der Waals surface area contributed by atoms with Crippen molar-refractivity contribution >= 4 is 12.1 Å². The van der Waals surface area contributed by atoms with E-state index in [9.17, 15) is 4.79 Å². The molecule has 1 aliphatic heterocycles. The minimum atomic E-state index is -0.514. The molecule has 0 aliphatic carbocycles. The number of aliphatic imine (C=N–C) groups is 1. The molecule has 0 saturated carbocycles. The van der Waals surface area contributed by atoms with E-state index in [1.807, 2.05) is 0 Å². The van der Waals surface area contributed by atoms with Crippen molar-refractivity contribution in [2.24, 2.45) is 10.7 Å². The highest BCUT2D eigenvalue weighted by molar-refractivity contribution is 5.96. The Morgan fingerprint density at radius 1 is 1.73 bits per heavy atom. The van der Waals surface area contributed by atoms with Gasteiger partial charge in [-0.2, -0.15) is 0 Å². The molecule has 0 fully saturated rings. The molecule has 0 aromatic heterocycles. The van der Waals surface area contributed by atoms with Gasteiger partial charge in [0.2, 0.25) is 0 Å². The van der Waals surface area contributed by atoms with Gasteiger partial charge in [0.25, 0.3) is 5.91 Å². The Kier molecular flexibility index (Phi) is 5.29. The number of nitrogens with zero attached hydrogens (tertiary/aromatic N) is 1. The molecule has 1 rings (SSSR count). The number of rotatable bonds is 0. The van der Waals surface area contributed by atoms with E-state index in [1.54, 1.807) is 12.2 Å². The van der Waals surface area contributed by atoms with Crippen molar-refractivity contribution in [3.63, 3.8) is 0 Å². The fourth-order valence-corrected chi connectivity index (χ4v) is 0.454. The average Bonchev–Trinajstić information content (AvgIpc) is 1.97. The highest BCUT2D eigenvalue weighted by atomic mass is 16.1. The van der Waals surface area contributed by atoms with Crippen molar-refractivity contribution in [1.82, 2.24) is 0 Å². The summed E-state index contributed by atoms with van der Waals surface area (Å²) in [5.41, 5.74) is 5.23. The minimum absolute atomic E-state index is 0. The third-order valence-corrected chi connectivity index (χ3v) is 0.891. The smallest absolute Gasteiger partial charge is 0.266 e. The second kappa shape index (κ2) is 5.80. The number of carbonyl (C=O) groups is 1. The van der Waals surface area contributed by atoms with Crippen molar-refractivity contribution in [3.05, 3.63) is 12.2 Å². The Hall–Kier alpha value is -0.960. The maximum Gasteiger partial charge on any atom is 0.266 e. The second-order valence-corrected chi connectivity index (χ2v) is 2.23. The van der Waals surface area contributed by atoms with Crippen LogP contribution in [-0.4, -0.2) is 18.2 Å². The van der Waals surface area contributed by atoms with E-state index in [-0.39, 0.29) is 7.33 Å². The Morgan fingerprint density at radius 3 is 2.55 bits per heavy atom. The first-order chi connectivity index (χ1) is 5.22. The predicted molar refractivity (Wildman–Crippen MR) is 48.7 cm³/mol. The first kappa shape index (κ1) is 10.0. The molecule has 3 heteroatoms. The minimum Gasteiger partial charge on any atom is -0.317 e. The van der Waals surface area contributed by atoms with Gasteiger partial charge < -0.3 is 5.73 Å². The van der Waals surface area contributed by atoms with Crippen molar-refractivity contribution < 1.29 is 6.22 Å². The Morgan fingerprint density at radius 2 is 2.27 bits per heavy atom. The summed E-state index contributed by atoms with van der Waals surface area (Å²) >= 11 is 0. The molecule has 0 bridgehead atoms. The Labute approximate surface area is 68.5 Å². The molecule has 2 N–H and O–H groups in total. The van der Waals surface area contributed by atoms with Crippen LogP contribution in [0.2, 0.25) is 0 Å². The number of hydrogen-bond acceptors (Lipinski definition) is 2. The van der Waals surface area contributed by atoms with E-state index in [1.165, 1.54) is 12.6 Å². The second-order valence-electron chi connectivity index (χ2n) is 2.23. The fourth-order valence-electron chi connectivity index (χ4n) is 0.454. The molecular formula is C8H16N2O. The summed E-state index contributed by atoms with van der Waals surface area (Å²) in [5, 5.41) is 0. The summed E-state index contributed by atoms with van der Waals surface area (Å²) in [7, 11) is 0. The maximum atomic E-state index is 10.4. The average molecular weight is 156 g/mol. The van der Waals surface area contributed by atoms with Crippen LogP contribution in [0.5, 0.6) is 0 Å². The largest absolute Gasteiger partial charge is 0.317 e. The summed E-state index contributed by atoms with van der Waals surface area (Å²) < 4.78 is 0. The van der Waals surface area contributed by atoms with Crippen LogP contribution < -0.4 is 5.73 Å². The van der Waals surface area contributed by atoms with E-state index < -0.39 is 6.04 Å². The van der Waals surface area contributed by atoms with Gasteiger partial charge in [0.1, 0.15) is 6.04 Å². The van der Waals surface area contributed by atoms with Crippen molar-refractivity contribution in [1.29, 1.82) is 0 Å². The number of carbonyl (C=O) groups excluding carboxylic acids is 1. The van der Waals surface area contributed by atoms with E-state index in [0.29, 0.717) is 0 Å². The van der Waals surface area contributed by atoms with Crippen LogP contribution in [0, 0.1) is 0 Å². The van der Waals surface area contributed by atoms with E-state index in [2.05, 4.69) is 18.8 Å². The van der Waals surface area contributed by atoms with E-state index >= 15 is 0 Å². The summed E-state index contributed by atoms with van der Waals surface area (Å²) in [6, 6.07) is -0.514. The van der Waals surface area contributed by atoms with Crippen LogP contribution in [0.4, 0.5) is 0 Å². The molecule has 64 valence electrons. The van der Waals surface area contributed by atoms with Gasteiger partial charge in [0.05, 0.1) is 0 Å². The molecule has 1 atom stereocenters. The number of nitrogens with two attached hydrogens (primary N) is 1. The summed E-state index contributed by atoms with van der Waals surface area (Å²) in [6.07, 6.45) is 5.95. The lowest BCUT2D eigenvalue weighted by atomic mass is 10.2. The molecule has 0 spiro atoms. The SMILES string of the molecule is CCC.NC1C=CC=NC1=O.[HH]. The monoisotopic (exact) mass is 156 g/mol. The summed E-state index contributed by atoms with van der Waals surface area (Å²) in [6.45, 7) is 4.25. The van der Waals surface area contributed by atoms with Gasteiger partial charge in [0.15, 0.2) is 0 Å². The van der Waals surface area contributed by atoms with Gasteiger partial charge in [-0.25, -0.2) is 4.99 Å². The quantitative estimate of drug-likeness (QED) is 0.572. The maximum absolute atomic E-state index is 10.4. The third kappa shape index (κ3) is 4.44. The number of amides is 1. The van der Waals surface area contributed by atoms with Gasteiger partial charge in [-0.05, 0) is 6.08 Å². The third-order valence-electron chi connectivity index (χ3n) is 0.891. The molecule has 3 nitrogen and oxygen atoms in total. The highest BCUT2D eigenvalue weighted by Gasteiger charge is 2.08. The molecular weight excluding hydrogens is 140 g/mol. The summed E-state index contributed by atoms with van der Waals surface area (Å²) in [5.74, 6) is -0.271. The number of dihydropyridines is 1. The summed E-state index contributed by atoms with van der Waals surface area (Å²) in [4.78, 5) is 13.9. The number of hydrogen-bond donors (Lipinski definition) is 1. The molecule has 11 heavy (non-hydrogen) atoms. The molecule has 1 heterocycles. The van der Waals surface area contributed by atoms with Crippen LogP contribution in [0.1, 0.15) is 21.7 Å². The lowest BCUT2D eigenvalue weighted by Gasteiger charge is -2.00. The van der Waals surface area contributed by atoms with Gasteiger partial charge in [0, 0.05) is 7.64 Å². The highest BCUT2D eigenvalue weighted by Crippen LogP contribution is 1.90. The van der Waals surface area contributed by atoms with Crippen molar-refractivity contribution in [2.45, 2.75) is 26.3 Å². The Balaban J connectivity index is 0. The van der Waals surface area contributed by atoms with Crippen LogP contribution in [0.15, 0.2) is 17.1 Å².